The predicted molar refractivity (Wildman–Crippen MR) is 87.1 cm³/mol. The van der Waals surface area contributed by atoms with Crippen molar-refractivity contribution in [2.45, 2.75) is 6.54 Å². The molecule has 0 unspecified atom stereocenters. The second kappa shape index (κ2) is 6.45. The van der Waals surface area contributed by atoms with Crippen LogP contribution in [0.5, 0.6) is 0 Å². The van der Waals surface area contributed by atoms with Crippen LogP contribution in [0.3, 0.4) is 0 Å². The van der Waals surface area contributed by atoms with Gasteiger partial charge in [0, 0.05) is 19.5 Å². The molecule has 3 rings (SSSR count). The summed E-state index contributed by atoms with van der Waals surface area (Å²) in [6.45, 7) is 0.598. The van der Waals surface area contributed by atoms with E-state index < -0.39 is 0 Å². The van der Waals surface area contributed by atoms with Gasteiger partial charge in [0.2, 0.25) is 5.95 Å². The monoisotopic (exact) mass is 304 g/mol. The molecule has 0 atom stereocenters. The van der Waals surface area contributed by atoms with Gasteiger partial charge in [0.15, 0.2) is 0 Å². The molecule has 0 bridgehead atoms. The summed E-state index contributed by atoms with van der Waals surface area (Å²) in [6, 6.07) is 11.8. The molecule has 1 aromatic carbocycles. The number of hydrogen-bond acceptors (Lipinski definition) is 5. The molecule has 21 heavy (non-hydrogen) atoms. The lowest BCUT2D eigenvalue weighted by Crippen LogP contribution is -2.14. The minimum Gasteiger partial charge on any atom is -0.467 e. The molecule has 0 saturated heterocycles. The van der Waals surface area contributed by atoms with E-state index in [9.17, 15) is 0 Å². The number of nitrogens with one attached hydrogen (secondary N) is 1. The van der Waals surface area contributed by atoms with Gasteiger partial charge in [-0.05, 0) is 24.3 Å². The number of anilines is 2. The maximum atomic E-state index is 5.33. The van der Waals surface area contributed by atoms with Gasteiger partial charge in [-0.1, -0.05) is 12.1 Å². The Labute approximate surface area is 129 Å². The third kappa shape index (κ3) is 3.25. The molecule has 0 amide bonds. The second-order valence-corrected chi connectivity index (χ2v) is 4.72. The fraction of sp³-hybridized carbons (Fsp3) is 0.200. The Morgan fingerprint density at radius 1 is 1.10 bits per heavy atom. The first kappa shape index (κ1) is 15.1. The molecule has 0 aliphatic rings. The molecule has 0 aliphatic carbocycles. The molecular weight excluding hydrogens is 288 g/mol. The van der Waals surface area contributed by atoms with Gasteiger partial charge in [-0.3, -0.25) is 0 Å². The molecule has 2 aromatic heterocycles. The van der Waals surface area contributed by atoms with E-state index in [2.05, 4.69) is 15.3 Å². The molecule has 0 fully saturated rings. The van der Waals surface area contributed by atoms with Gasteiger partial charge in [0.05, 0.1) is 18.3 Å². The van der Waals surface area contributed by atoms with Gasteiger partial charge in [-0.15, -0.1) is 12.4 Å². The second-order valence-electron chi connectivity index (χ2n) is 4.72. The SMILES string of the molecule is CN(C)c1nc(NCc2ccco2)c2ccccc2n1.Cl. The Balaban J connectivity index is 0.00000161. The Hall–Kier alpha value is -2.27. The molecule has 1 N–H and O–H groups in total. The van der Waals surface area contributed by atoms with E-state index in [0.29, 0.717) is 12.5 Å². The summed E-state index contributed by atoms with van der Waals surface area (Å²) in [5.74, 6) is 2.38. The van der Waals surface area contributed by atoms with Crippen molar-refractivity contribution in [1.29, 1.82) is 0 Å². The molecule has 6 heteroatoms. The highest BCUT2D eigenvalue weighted by Gasteiger charge is 2.08. The number of para-hydroxylation sites is 1. The van der Waals surface area contributed by atoms with E-state index in [-0.39, 0.29) is 12.4 Å². The Bertz CT molecular complexity index is 713. The highest BCUT2D eigenvalue weighted by molar-refractivity contribution is 5.90. The molecule has 0 radical (unpaired) electrons. The molecule has 110 valence electrons. The highest BCUT2D eigenvalue weighted by Crippen LogP contribution is 2.23. The maximum Gasteiger partial charge on any atom is 0.227 e. The van der Waals surface area contributed by atoms with Gasteiger partial charge in [-0.2, -0.15) is 4.98 Å². The van der Waals surface area contributed by atoms with Crippen molar-refractivity contribution >= 4 is 35.1 Å². The number of nitrogens with zero attached hydrogens (tertiary/aromatic N) is 3. The summed E-state index contributed by atoms with van der Waals surface area (Å²) in [7, 11) is 3.86. The van der Waals surface area contributed by atoms with Gasteiger partial charge >= 0.3 is 0 Å². The van der Waals surface area contributed by atoms with E-state index in [1.807, 2.05) is 55.4 Å². The molecule has 2 heterocycles. The van der Waals surface area contributed by atoms with E-state index in [1.165, 1.54) is 0 Å². The molecule has 0 spiro atoms. The third-order valence-corrected chi connectivity index (χ3v) is 3.00. The zero-order chi connectivity index (χ0) is 13.9. The summed E-state index contributed by atoms with van der Waals surface area (Å²) >= 11 is 0. The summed E-state index contributed by atoms with van der Waals surface area (Å²) in [4.78, 5) is 11.0. The van der Waals surface area contributed by atoms with Crippen molar-refractivity contribution in [3.63, 3.8) is 0 Å². The average molecular weight is 305 g/mol. The van der Waals surface area contributed by atoms with Crippen molar-refractivity contribution in [3.05, 3.63) is 48.4 Å². The number of halogens is 1. The highest BCUT2D eigenvalue weighted by atomic mass is 35.5. The number of hydrogen-bond donors (Lipinski definition) is 1. The summed E-state index contributed by atoms with van der Waals surface area (Å²) in [5, 5.41) is 4.32. The number of rotatable bonds is 4. The van der Waals surface area contributed by atoms with Crippen LogP contribution in [-0.4, -0.2) is 24.1 Å². The molecule has 0 aliphatic heterocycles. The largest absolute Gasteiger partial charge is 0.467 e. The van der Waals surface area contributed by atoms with Crippen molar-refractivity contribution in [3.8, 4) is 0 Å². The van der Waals surface area contributed by atoms with E-state index in [1.54, 1.807) is 6.26 Å². The molecular formula is C15H17ClN4O. The van der Waals surface area contributed by atoms with Gasteiger partial charge < -0.3 is 14.6 Å². The summed E-state index contributed by atoms with van der Waals surface area (Å²) < 4.78 is 5.33. The van der Waals surface area contributed by atoms with E-state index in [0.717, 1.165) is 22.5 Å². The summed E-state index contributed by atoms with van der Waals surface area (Å²) in [5.41, 5.74) is 0.924. The zero-order valence-electron chi connectivity index (χ0n) is 11.9. The smallest absolute Gasteiger partial charge is 0.227 e. The van der Waals surface area contributed by atoms with Crippen LogP contribution in [0.15, 0.2) is 47.1 Å². The van der Waals surface area contributed by atoms with Crippen LogP contribution < -0.4 is 10.2 Å². The number of furan rings is 1. The first-order valence-corrected chi connectivity index (χ1v) is 6.44. The van der Waals surface area contributed by atoms with Crippen LogP contribution in [0.2, 0.25) is 0 Å². The van der Waals surface area contributed by atoms with Gasteiger partial charge in [0.1, 0.15) is 11.6 Å². The van der Waals surface area contributed by atoms with Gasteiger partial charge in [-0.25, -0.2) is 4.98 Å². The van der Waals surface area contributed by atoms with Crippen LogP contribution in [0.1, 0.15) is 5.76 Å². The predicted octanol–water partition coefficient (Wildman–Crippen LogP) is 3.32. The molecule has 3 aromatic rings. The van der Waals surface area contributed by atoms with Gasteiger partial charge in [0.25, 0.3) is 0 Å². The third-order valence-electron chi connectivity index (χ3n) is 3.00. The normalized spacial score (nSPS) is 10.2. The Morgan fingerprint density at radius 2 is 1.90 bits per heavy atom. The average Bonchev–Trinajstić information content (AvgIpc) is 2.97. The van der Waals surface area contributed by atoms with Crippen LogP contribution >= 0.6 is 12.4 Å². The topological polar surface area (TPSA) is 54.2 Å². The molecule has 0 saturated carbocycles. The van der Waals surface area contributed by atoms with Crippen LogP contribution in [0.4, 0.5) is 11.8 Å². The van der Waals surface area contributed by atoms with Crippen molar-refractivity contribution < 1.29 is 4.42 Å². The first-order valence-electron chi connectivity index (χ1n) is 6.44. The lowest BCUT2D eigenvalue weighted by atomic mass is 10.2. The van der Waals surface area contributed by atoms with Crippen molar-refractivity contribution in [2.75, 3.05) is 24.3 Å². The quantitative estimate of drug-likeness (QED) is 0.801. The lowest BCUT2D eigenvalue weighted by molar-refractivity contribution is 0.518. The molecule has 5 nitrogen and oxygen atoms in total. The van der Waals surface area contributed by atoms with Crippen molar-refractivity contribution in [1.82, 2.24) is 9.97 Å². The Kier molecular flexibility index (Phi) is 4.65. The minimum absolute atomic E-state index is 0. The number of fused-ring (bicyclic) bond motifs is 1. The minimum atomic E-state index is 0. The first-order chi connectivity index (χ1) is 9.74. The van der Waals surface area contributed by atoms with Crippen LogP contribution in [0.25, 0.3) is 10.9 Å². The maximum absolute atomic E-state index is 5.33. The lowest BCUT2D eigenvalue weighted by Gasteiger charge is -2.14. The number of benzene rings is 1. The fourth-order valence-electron chi connectivity index (χ4n) is 1.98. The fourth-order valence-corrected chi connectivity index (χ4v) is 1.98. The standard InChI is InChI=1S/C15H16N4O.ClH/c1-19(2)15-17-13-8-4-3-7-12(13)14(18-15)16-10-11-6-5-9-20-11;/h3-9H,10H2,1-2H3,(H,16,17,18);1H. The van der Waals surface area contributed by atoms with Crippen LogP contribution in [0, 0.1) is 0 Å². The zero-order valence-corrected chi connectivity index (χ0v) is 12.7. The Morgan fingerprint density at radius 3 is 2.62 bits per heavy atom. The van der Waals surface area contributed by atoms with E-state index >= 15 is 0 Å². The van der Waals surface area contributed by atoms with E-state index in [4.69, 9.17) is 4.42 Å². The van der Waals surface area contributed by atoms with Crippen molar-refractivity contribution in [2.24, 2.45) is 0 Å². The summed E-state index contributed by atoms with van der Waals surface area (Å²) in [6.07, 6.45) is 1.67. The van der Waals surface area contributed by atoms with Crippen LogP contribution in [-0.2, 0) is 6.54 Å². The number of aromatic nitrogens is 2.